The maximum absolute atomic E-state index is 13.0. The maximum Gasteiger partial charge on any atom is 0.271 e. The van der Waals surface area contributed by atoms with E-state index in [1.807, 2.05) is 0 Å². The first-order chi connectivity index (χ1) is 15.4. The summed E-state index contributed by atoms with van der Waals surface area (Å²) in [5.74, 6) is 0.483. The van der Waals surface area contributed by atoms with Crippen LogP contribution in [0.1, 0.15) is 23.2 Å². The molecule has 0 saturated carbocycles. The summed E-state index contributed by atoms with van der Waals surface area (Å²) in [7, 11) is 4.46. The smallest absolute Gasteiger partial charge is 0.271 e. The molecular formula is C22H25N3O7. The number of anilines is 1. The predicted octanol–water partition coefficient (Wildman–Crippen LogP) is 3.11. The number of nitrogens with one attached hydrogen (secondary N) is 1. The highest BCUT2D eigenvalue weighted by Gasteiger charge is 2.29. The molecule has 3 rings (SSSR count). The molecule has 0 spiro atoms. The first-order valence-corrected chi connectivity index (χ1v) is 10.0. The number of nitrogens with zero attached hydrogens (tertiary/aromatic N) is 2. The lowest BCUT2D eigenvalue weighted by Crippen LogP contribution is -2.41. The molecule has 2 aromatic carbocycles. The van der Waals surface area contributed by atoms with Gasteiger partial charge in [-0.05, 0) is 31.0 Å². The van der Waals surface area contributed by atoms with Crippen molar-refractivity contribution in [1.82, 2.24) is 4.90 Å². The van der Waals surface area contributed by atoms with E-state index >= 15 is 0 Å². The molecule has 0 atom stereocenters. The number of ether oxygens (including phenoxy) is 3. The van der Waals surface area contributed by atoms with Crippen LogP contribution in [-0.4, -0.2) is 56.1 Å². The maximum atomic E-state index is 13.0. The lowest BCUT2D eigenvalue weighted by molar-refractivity contribution is -0.384. The number of carbonyl (C=O) groups excluding carboxylic acids is 2. The monoisotopic (exact) mass is 443 g/mol. The molecule has 1 aliphatic heterocycles. The van der Waals surface area contributed by atoms with Crippen LogP contribution in [0.5, 0.6) is 17.2 Å². The van der Waals surface area contributed by atoms with Gasteiger partial charge < -0.3 is 24.4 Å². The molecule has 0 aliphatic carbocycles. The molecule has 10 nitrogen and oxygen atoms in total. The predicted molar refractivity (Wildman–Crippen MR) is 116 cm³/mol. The van der Waals surface area contributed by atoms with Gasteiger partial charge in [-0.1, -0.05) is 6.07 Å². The Morgan fingerprint density at radius 2 is 1.66 bits per heavy atom. The van der Waals surface area contributed by atoms with E-state index < -0.39 is 4.92 Å². The molecule has 1 fully saturated rings. The van der Waals surface area contributed by atoms with E-state index in [1.165, 1.54) is 39.5 Å². The number of amides is 2. The zero-order chi connectivity index (χ0) is 23.3. The topological polar surface area (TPSA) is 120 Å². The number of piperidine rings is 1. The number of likely N-dealkylation sites (tertiary alicyclic amines) is 1. The minimum atomic E-state index is -0.511. The average molecular weight is 443 g/mol. The summed E-state index contributed by atoms with van der Waals surface area (Å²) in [5, 5.41) is 13.6. The summed E-state index contributed by atoms with van der Waals surface area (Å²) in [6, 6.07) is 9.01. The third kappa shape index (κ3) is 4.90. The van der Waals surface area contributed by atoms with Crippen molar-refractivity contribution in [1.29, 1.82) is 0 Å². The van der Waals surface area contributed by atoms with E-state index in [1.54, 1.807) is 23.1 Å². The molecule has 0 unspecified atom stereocenters. The largest absolute Gasteiger partial charge is 0.493 e. The molecule has 32 heavy (non-hydrogen) atoms. The number of carbonyl (C=O) groups is 2. The zero-order valence-corrected chi connectivity index (χ0v) is 18.1. The number of non-ortho nitro benzene ring substituents is 1. The normalized spacial score (nSPS) is 13.9. The Bertz CT molecular complexity index is 991. The minimum Gasteiger partial charge on any atom is -0.493 e. The van der Waals surface area contributed by atoms with Crippen molar-refractivity contribution in [3.63, 3.8) is 0 Å². The molecule has 1 heterocycles. The number of hydrogen-bond acceptors (Lipinski definition) is 7. The molecule has 2 amide bonds. The van der Waals surface area contributed by atoms with Gasteiger partial charge in [-0.3, -0.25) is 19.7 Å². The third-order valence-corrected chi connectivity index (χ3v) is 5.39. The molecule has 0 aromatic heterocycles. The zero-order valence-electron chi connectivity index (χ0n) is 18.1. The van der Waals surface area contributed by atoms with Crippen molar-refractivity contribution in [3.05, 3.63) is 52.1 Å². The van der Waals surface area contributed by atoms with Gasteiger partial charge in [0.1, 0.15) is 0 Å². The van der Waals surface area contributed by atoms with Crippen LogP contribution in [0.2, 0.25) is 0 Å². The first kappa shape index (κ1) is 22.9. The van der Waals surface area contributed by atoms with Gasteiger partial charge in [0.05, 0.1) is 26.3 Å². The van der Waals surface area contributed by atoms with Crippen molar-refractivity contribution in [3.8, 4) is 17.2 Å². The molecule has 0 radical (unpaired) electrons. The van der Waals surface area contributed by atoms with E-state index in [0.717, 1.165) is 0 Å². The molecule has 1 N–H and O–H groups in total. The van der Waals surface area contributed by atoms with Gasteiger partial charge in [0, 0.05) is 42.4 Å². The number of methoxy groups -OCH3 is 3. The van der Waals surface area contributed by atoms with Crippen molar-refractivity contribution in [2.75, 3.05) is 39.7 Å². The minimum absolute atomic E-state index is 0.0893. The Hall–Kier alpha value is -3.82. The molecule has 1 aliphatic rings. The SMILES string of the molecule is COc1cc(C(=O)N2CCC(C(=O)Nc3cccc([N+](=O)[O-])c3)CC2)cc(OC)c1OC. The van der Waals surface area contributed by atoms with E-state index in [0.29, 0.717) is 54.4 Å². The molecule has 2 aromatic rings. The summed E-state index contributed by atoms with van der Waals surface area (Å²) in [6.45, 7) is 0.811. The highest BCUT2D eigenvalue weighted by molar-refractivity contribution is 5.96. The standard InChI is InChI=1S/C22H25N3O7/c1-30-18-11-15(12-19(31-2)20(18)32-3)22(27)24-9-7-14(8-10-24)21(26)23-16-5-4-6-17(13-16)25(28)29/h4-6,11-14H,7-10H2,1-3H3,(H,23,26). The molecule has 1 saturated heterocycles. The van der Waals surface area contributed by atoms with Crippen LogP contribution in [0.4, 0.5) is 11.4 Å². The summed E-state index contributed by atoms with van der Waals surface area (Å²) in [4.78, 5) is 37.7. The van der Waals surface area contributed by atoms with Gasteiger partial charge in [-0.25, -0.2) is 0 Å². The Morgan fingerprint density at radius 1 is 1.03 bits per heavy atom. The van der Waals surface area contributed by atoms with Crippen molar-refractivity contribution < 1.29 is 28.7 Å². The fourth-order valence-electron chi connectivity index (χ4n) is 3.67. The third-order valence-electron chi connectivity index (χ3n) is 5.39. The summed E-state index contributed by atoms with van der Waals surface area (Å²) in [5.41, 5.74) is 0.688. The number of hydrogen-bond donors (Lipinski definition) is 1. The van der Waals surface area contributed by atoms with E-state index in [4.69, 9.17) is 14.2 Å². The van der Waals surface area contributed by atoms with Gasteiger partial charge in [0.25, 0.3) is 11.6 Å². The van der Waals surface area contributed by atoms with Crippen LogP contribution in [0.25, 0.3) is 0 Å². The fourth-order valence-corrected chi connectivity index (χ4v) is 3.67. The van der Waals surface area contributed by atoms with Crippen LogP contribution in [0.3, 0.4) is 0 Å². The Balaban J connectivity index is 1.64. The van der Waals surface area contributed by atoms with Gasteiger partial charge in [0.2, 0.25) is 11.7 Å². The van der Waals surface area contributed by atoms with Crippen LogP contribution < -0.4 is 19.5 Å². The molecule has 0 bridgehead atoms. The van der Waals surface area contributed by atoms with Crippen LogP contribution in [0.15, 0.2) is 36.4 Å². The van der Waals surface area contributed by atoms with Gasteiger partial charge in [-0.2, -0.15) is 0 Å². The lowest BCUT2D eigenvalue weighted by Gasteiger charge is -2.31. The molecule has 10 heteroatoms. The quantitative estimate of drug-likeness (QED) is 0.516. The number of nitro groups is 1. The Labute approximate surface area is 185 Å². The summed E-state index contributed by atoms with van der Waals surface area (Å²) < 4.78 is 15.9. The van der Waals surface area contributed by atoms with Crippen LogP contribution in [0, 0.1) is 16.0 Å². The molecular weight excluding hydrogens is 418 g/mol. The fraction of sp³-hybridized carbons (Fsp3) is 0.364. The Kier molecular flexibility index (Phi) is 7.14. The second-order valence-electron chi connectivity index (χ2n) is 7.28. The van der Waals surface area contributed by atoms with E-state index in [2.05, 4.69) is 5.32 Å². The van der Waals surface area contributed by atoms with Gasteiger partial charge in [-0.15, -0.1) is 0 Å². The van der Waals surface area contributed by atoms with Crippen LogP contribution >= 0.6 is 0 Å². The van der Waals surface area contributed by atoms with E-state index in [-0.39, 0.29) is 23.4 Å². The second-order valence-corrected chi connectivity index (χ2v) is 7.28. The average Bonchev–Trinajstić information content (AvgIpc) is 2.82. The van der Waals surface area contributed by atoms with Crippen LogP contribution in [-0.2, 0) is 4.79 Å². The Morgan fingerprint density at radius 3 is 2.19 bits per heavy atom. The summed E-state index contributed by atoms with van der Waals surface area (Å²) in [6.07, 6.45) is 0.966. The highest BCUT2D eigenvalue weighted by Crippen LogP contribution is 2.38. The van der Waals surface area contributed by atoms with Gasteiger partial charge in [0.15, 0.2) is 11.5 Å². The van der Waals surface area contributed by atoms with E-state index in [9.17, 15) is 19.7 Å². The van der Waals surface area contributed by atoms with Crippen molar-refractivity contribution >= 4 is 23.2 Å². The first-order valence-electron chi connectivity index (χ1n) is 10.0. The second kappa shape index (κ2) is 9.99. The molecule has 170 valence electrons. The summed E-state index contributed by atoms with van der Waals surface area (Å²) >= 11 is 0. The highest BCUT2D eigenvalue weighted by atomic mass is 16.6. The number of rotatable bonds is 7. The van der Waals surface area contributed by atoms with Gasteiger partial charge >= 0.3 is 0 Å². The lowest BCUT2D eigenvalue weighted by atomic mass is 9.95. The number of benzene rings is 2. The van der Waals surface area contributed by atoms with Crippen molar-refractivity contribution in [2.24, 2.45) is 5.92 Å². The van der Waals surface area contributed by atoms with Crippen molar-refractivity contribution in [2.45, 2.75) is 12.8 Å². The number of nitro benzene ring substituents is 1.